The lowest BCUT2D eigenvalue weighted by Crippen LogP contribution is -2.14. The van der Waals surface area contributed by atoms with Crippen LogP contribution in [0.5, 0.6) is 0 Å². The fourth-order valence-corrected chi connectivity index (χ4v) is 1.83. The van der Waals surface area contributed by atoms with Crippen molar-refractivity contribution in [1.29, 1.82) is 0 Å². The Morgan fingerprint density at radius 1 is 1.40 bits per heavy atom. The molecule has 0 fully saturated rings. The number of hydrogen-bond donors (Lipinski definition) is 1. The van der Waals surface area contributed by atoms with Gasteiger partial charge in [-0.25, -0.2) is 0 Å². The molecule has 1 atom stereocenters. The SMILES string of the molecule is CCCC(CCNC)SC. The predicted octanol–water partition coefficient (Wildman–Crippen LogP) is 2.13. The maximum Gasteiger partial charge on any atom is 0.00562 e. The molecule has 0 aromatic rings. The third-order valence-corrected chi connectivity index (χ3v) is 2.80. The molecule has 0 aromatic heterocycles. The monoisotopic (exact) mass is 161 g/mol. The number of hydrogen-bond acceptors (Lipinski definition) is 2. The Morgan fingerprint density at radius 2 is 2.10 bits per heavy atom. The van der Waals surface area contributed by atoms with Gasteiger partial charge in [0.1, 0.15) is 0 Å². The van der Waals surface area contributed by atoms with Crippen molar-refractivity contribution < 1.29 is 0 Å². The first-order chi connectivity index (χ1) is 4.85. The van der Waals surface area contributed by atoms with Crippen LogP contribution in [-0.2, 0) is 0 Å². The Morgan fingerprint density at radius 3 is 2.50 bits per heavy atom. The Labute approximate surface area is 69.0 Å². The zero-order valence-electron chi connectivity index (χ0n) is 7.31. The number of rotatable bonds is 6. The van der Waals surface area contributed by atoms with Crippen LogP contribution in [0.4, 0.5) is 0 Å². The Balaban J connectivity index is 3.21. The lowest BCUT2D eigenvalue weighted by Gasteiger charge is -2.11. The van der Waals surface area contributed by atoms with E-state index in [-0.39, 0.29) is 0 Å². The van der Waals surface area contributed by atoms with E-state index in [9.17, 15) is 0 Å². The van der Waals surface area contributed by atoms with Gasteiger partial charge in [-0.3, -0.25) is 0 Å². The molecule has 1 unspecified atom stereocenters. The molecule has 0 spiro atoms. The molecule has 62 valence electrons. The van der Waals surface area contributed by atoms with Crippen LogP contribution in [0.15, 0.2) is 0 Å². The van der Waals surface area contributed by atoms with Crippen molar-refractivity contribution in [2.75, 3.05) is 19.8 Å². The normalized spacial score (nSPS) is 13.5. The smallest absolute Gasteiger partial charge is 0.00562 e. The van der Waals surface area contributed by atoms with Gasteiger partial charge in [-0.2, -0.15) is 11.8 Å². The molecule has 1 nitrogen and oxygen atoms in total. The Kier molecular flexibility index (Phi) is 7.65. The molecule has 1 N–H and O–H groups in total. The highest BCUT2D eigenvalue weighted by atomic mass is 32.2. The molecule has 0 saturated heterocycles. The van der Waals surface area contributed by atoms with Crippen molar-refractivity contribution in [3.8, 4) is 0 Å². The van der Waals surface area contributed by atoms with E-state index in [4.69, 9.17) is 0 Å². The molecule has 2 heteroatoms. The molecule has 0 saturated carbocycles. The van der Waals surface area contributed by atoms with Crippen LogP contribution < -0.4 is 5.32 Å². The van der Waals surface area contributed by atoms with Crippen LogP contribution in [0.2, 0.25) is 0 Å². The van der Waals surface area contributed by atoms with Crippen LogP contribution in [0.1, 0.15) is 26.2 Å². The van der Waals surface area contributed by atoms with Gasteiger partial charge in [0.25, 0.3) is 0 Å². The first kappa shape index (κ1) is 10.3. The van der Waals surface area contributed by atoms with Crippen molar-refractivity contribution in [2.45, 2.75) is 31.4 Å². The van der Waals surface area contributed by atoms with Gasteiger partial charge >= 0.3 is 0 Å². The molecule has 0 aliphatic rings. The second-order valence-electron chi connectivity index (χ2n) is 2.54. The quantitative estimate of drug-likeness (QED) is 0.640. The summed E-state index contributed by atoms with van der Waals surface area (Å²) in [5.41, 5.74) is 0. The standard InChI is InChI=1S/C8H19NS/c1-4-5-8(10-3)6-7-9-2/h8-9H,4-7H2,1-3H3. The van der Waals surface area contributed by atoms with E-state index in [1.807, 2.05) is 18.8 Å². The minimum absolute atomic E-state index is 0.873. The molecular formula is C8H19NS. The average Bonchev–Trinajstić information content (AvgIpc) is 1.98. The van der Waals surface area contributed by atoms with Crippen LogP contribution >= 0.6 is 11.8 Å². The summed E-state index contributed by atoms with van der Waals surface area (Å²) < 4.78 is 0. The molecule has 0 aliphatic carbocycles. The number of thioether (sulfide) groups is 1. The van der Waals surface area contributed by atoms with Gasteiger partial charge in [0.15, 0.2) is 0 Å². The fraction of sp³-hybridized carbons (Fsp3) is 1.00. The van der Waals surface area contributed by atoms with E-state index in [2.05, 4.69) is 18.5 Å². The van der Waals surface area contributed by atoms with E-state index in [1.165, 1.54) is 19.3 Å². The first-order valence-electron chi connectivity index (χ1n) is 4.02. The van der Waals surface area contributed by atoms with Crippen molar-refractivity contribution in [1.82, 2.24) is 5.32 Å². The minimum Gasteiger partial charge on any atom is -0.320 e. The third-order valence-electron chi connectivity index (χ3n) is 1.66. The van der Waals surface area contributed by atoms with Crippen molar-refractivity contribution in [2.24, 2.45) is 0 Å². The fourth-order valence-electron chi connectivity index (χ4n) is 1.01. The zero-order valence-corrected chi connectivity index (χ0v) is 8.13. The first-order valence-corrected chi connectivity index (χ1v) is 5.31. The highest BCUT2D eigenvalue weighted by Crippen LogP contribution is 2.15. The van der Waals surface area contributed by atoms with Gasteiger partial charge in [-0.15, -0.1) is 0 Å². The zero-order chi connectivity index (χ0) is 7.82. The summed E-state index contributed by atoms with van der Waals surface area (Å²) >= 11 is 1.99. The van der Waals surface area contributed by atoms with E-state index in [0.717, 1.165) is 11.8 Å². The van der Waals surface area contributed by atoms with Gasteiger partial charge in [-0.05, 0) is 32.7 Å². The molecule has 0 rings (SSSR count). The topological polar surface area (TPSA) is 12.0 Å². The summed E-state index contributed by atoms with van der Waals surface area (Å²) in [6.07, 6.45) is 6.19. The molecule has 0 heterocycles. The highest BCUT2D eigenvalue weighted by Gasteiger charge is 2.03. The van der Waals surface area contributed by atoms with E-state index in [1.54, 1.807) is 0 Å². The summed E-state index contributed by atoms with van der Waals surface area (Å²) in [6, 6.07) is 0. The minimum atomic E-state index is 0.873. The lowest BCUT2D eigenvalue weighted by atomic mass is 10.2. The Hall–Kier alpha value is 0.310. The molecule has 0 radical (unpaired) electrons. The van der Waals surface area contributed by atoms with Gasteiger partial charge in [-0.1, -0.05) is 13.3 Å². The van der Waals surface area contributed by atoms with E-state index >= 15 is 0 Å². The predicted molar refractivity (Wildman–Crippen MR) is 50.8 cm³/mol. The second-order valence-corrected chi connectivity index (χ2v) is 3.68. The van der Waals surface area contributed by atoms with Gasteiger partial charge in [0, 0.05) is 5.25 Å². The van der Waals surface area contributed by atoms with E-state index < -0.39 is 0 Å². The second kappa shape index (κ2) is 7.42. The summed E-state index contributed by atoms with van der Waals surface area (Å²) in [5, 5.41) is 4.05. The maximum absolute atomic E-state index is 3.18. The van der Waals surface area contributed by atoms with Crippen molar-refractivity contribution in [3.05, 3.63) is 0 Å². The summed E-state index contributed by atoms with van der Waals surface area (Å²) in [7, 11) is 2.02. The molecule has 0 aliphatic heterocycles. The lowest BCUT2D eigenvalue weighted by molar-refractivity contribution is 0.649. The molecular weight excluding hydrogens is 142 g/mol. The summed E-state index contributed by atoms with van der Waals surface area (Å²) in [4.78, 5) is 0. The van der Waals surface area contributed by atoms with Crippen LogP contribution in [-0.4, -0.2) is 25.1 Å². The van der Waals surface area contributed by atoms with Crippen LogP contribution in [0.25, 0.3) is 0 Å². The molecule has 0 amide bonds. The maximum atomic E-state index is 3.18. The third kappa shape index (κ3) is 5.12. The average molecular weight is 161 g/mol. The molecule has 0 aromatic carbocycles. The van der Waals surface area contributed by atoms with Gasteiger partial charge in [0.05, 0.1) is 0 Å². The van der Waals surface area contributed by atoms with Crippen LogP contribution in [0.3, 0.4) is 0 Å². The van der Waals surface area contributed by atoms with Gasteiger partial charge in [0.2, 0.25) is 0 Å². The highest BCUT2D eigenvalue weighted by molar-refractivity contribution is 7.99. The van der Waals surface area contributed by atoms with Crippen molar-refractivity contribution >= 4 is 11.8 Å². The van der Waals surface area contributed by atoms with Crippen molar-refractivity contribution in [3.63, 3.8) is 0 Å². The van der Waals surface area contributed by atoms with Crippen LogP contribution in [0, 0.1) is 0 Å². The van der Waals surface area contributed by atoms with E-state index in [0.29, 0.717) is 0 Å². The molecule has 0 bridgehead atoms. The molecule has 10 heavy (non-hydrogen) atoms. The Bertz CT molecular complexity index is 66.3. The summed E-state index contributed by atoms with van der Waals surface area (Å²) in [5.74, 6) is 0. The summed E-state index contributed by atoms with van der Waals surface area (Å²) in [6.45, 7) is 3.41. The largest absolute Gasteiger partial charge is 0.320 e. The number of nitrogens with one attached hydrogen (secondary N) is 1. The van der Waals surface area contributed by atoms with Gasteiger partial charge < -0.3 is 5.32 Å².